The van der Waals surface area contributed by atoms with Crippen LogP contribution in [0.15, 0.2) is 23.4 Å². The van der Waals surface area contributed by atoms with E-state index < -0.39 is 15.8 Å². The minimum absolute atomic E-state index is 0.0706. The van der Waals surface area contributed by atoms with Crippen LogP contribution in [0.2, 0.25) is 0 Å². The summed E-state index contributed by atoms with van der Waals surface area (Å²) in [6, 6.07) is 0.898. The molecule has 80 valence electrons. The minimum atomic E-state index is -3.74. The minimum Gasteiger partial charge on any atom is -0.260 e. The van der Waals surface area contributed by atoms with Crippen molar-refractivity contribution in [1.29, 1.82) is 0 Å². The molecule has 0 spiro atoms. The van der Waals surface area contributed by atoms with Crippen LogP contribution in [-0.2, 0) is 10.0 Å². The summed E-state index contributed by atoms with van der Waals surface area (Å²) in [5.74, 6) is 1.49. The fourth-order valence-electron chi connectivity index (χ4n) is 0.927. The highest BCUT2D eigenvalue weighted by molar-refractivity contribution is 7.89. The average molecular weight is 228 g/mol. The summed E-state index contributed by atoms with van der Waals surface area (Å²) in [5, 5.41) is 0. The second-order valence-electron chi connectivity index (χ2n) is 2.80. The van der Waals surface area contributed by atoms with Crippen molar-refractivity contribution >= 4 is 10.0 Å². The van der Waals surface area contributed by atoms with E-state index in [1.165, 1.54) is 7.05 Å². The van der Waals surface area contributed by atoms with E-state index in [0.717, 1.165) is 22.8 Å². The Labute approximate surface area is 87.8 Å². The maximum Gasteiger partial charge on any atom is 0.245 e. The first kappa shape index (κ1) is 11.6. The first-order valence-electron chi connectivity index (χ1n) is 3.99. The third-order valence-electron chi connectivity index (χ3n) is 1.70. The fourth-order valence-corrected chi connectivity index (χ4v) is 1.99. The number of rotatable bonds is 3. The Morgan fingerprint density at radius 3 is 2.80 bits per heavy atom. The molecule has 0 aliphatic rings. The van der Waals surface area contributed by atoms with E-state index in [9.17, 15) is 12.8 Å². The lowest BCUT2D eigenvalue weighted by molar-refractivity contribution is 0.501. The highest BCUT2D eigenvalue weighted by Crippen LogP contribution is 2.13. The van der Waals surface area contributed by atoms with Gasteiger partial charge in [-0.25, -0.2) is 12.8 Å². The number of hydrogen-bond acceptors (Lipinski definition) is 3. The molecule has 0 saturated heterocycles. The monoisotopic (exact) mass is 228 g/mol. The van der Waals surface area contributed by atoms with E-state index in [-0.39, 0.29) is 11.4 Å². The van der Waals surface area contributed by atoms with Gasteiger partial charge in [0.25, 0.3) is 0 Å². The second-order valence-corrected chi connectivity index (χ2v) is 4.85. The zero-order valence-electron chi connectivity index (χ0n) is 8.01. The first-order chi connectivity index (χ1) is 6.98. The molecule has 1 aromatic heterocycles. The Balaban J connectivity index is 3.13. The van der Waals surface area contributed by atoms with Crippen molar-refractivity contribution in [2.24, 2.45) is 0 Å². The molecule has 0 saturated carbocycles. The summed E-state index contributed by atoms with van der Waals surface area (Å²) in [7, 11) is -2.42. The Hall–Kier alpha value is -1.45. The lowest BCUT2D eigenvalue weighted by atomic mass is 10.5. The molecular formula is C9H9FN2O2S. The highest BCUT2D eigenvalue weighted by Gasteiger charge is 2.20. The summed E-state index contributed by atoms with van der Waals surface area (Å²) < 4.78 is 37.1. The van der Waals surface area contributed by atoms with Crippen LogP contribution in [0.4, 0.5) is 4.39 Å². The van der Waals surface area contributed by atoms with Crippen LogP contribution in [0.5, 0.6) is 0 Å². The van der Waals surface area contributed by atoms with Gasteiger partial charge in [-0.15, -0.1) is 6.42 Å². The predicted octanol–water partition coefficient (Wildman–Crippen LogP) is 0.474. The van der Waals surface area contributed by atoms with Crippen LogP contribution in [0.1, 0.15) is 0 Å². The van der Waals surface area contributed by atoms with Crippen molar-refractivity contribution in [3.63, 3.8) is 0 Å². The smallest absolute Gasteiger partial charge is 0.245 e. The number of hydrogen-bond donors (Lipinski definition) is 0. The van der Waals surface area contributed by atoms with Crippen LogP contribution in [0, 0.1) is 18.2 Å². The van der Waals surface area contributed by atoms with E-state index in [4.69, 9.17) is 6.42 Å². The summed E-state index contributed by atoms with van der Waals surface area (Å²) in [6.07, 6.45) is 6.99. The molecule has 0 unspecified atom stereocenters. The van der Waals surface area contributed by atoms with Crippen LogP contribution < -0.4 is 0 Å². The van der Waals surface area contributed by atoms with E-state index in [1.54, 1.807) is 0 Å². The standard InChI is InChI=1S/C9H9FN2O2S/c1-3-4-12(2)15(13,14)9-5-8(10)6-11-7-9/h1,5-7H,4H2,2H3. The number of nitrogens with zero attached hydrogens (tertiary/aromatic N) is 2. The lowest BCUT2D eigenvalue weighted by Crippen LogP contribution is -2.27. The van der Waals surface area contributed by atoms with E-state index in [1.807, 2.05) is 0 Å². The molecule has 1 rings (SSSR count). The first-order valence-corrected chi connectivity index (χ1v) is 5.43. The molecule has 1 aromatic rings. The van der Waals surface area contributed by atoms with Gasteiger partial charge in [-0.3, -0.25) is 4.98 Å². The average Bonchev–Trinajstić information content (AvgIpc) is 2.18. The largest absolute Gasteiger partial charge is 0.260 e. The summed E-state index contributed by atoms with van der Waals surface area (Å²) >= 11 is 0. The lowest BCUT2D eigenvalue weighted by Gasteiger charge is -2.13. The Bertz CT molecular complexity index is 493. The topological polar surface area (TPSA) is 50.3 Å². The van der Waals surface area contributed by atoms with Crippen molar-refractivity contribution in [1.82, 2.24) is 9.29 Å². The number of aromatic nitrogens is 1. The third kappa shape index (κ3) is 2.52. The number of halogens is 1. The van der Waals surface area contributed by atoms with Gasteiger partial charge in [-0.2, -0.15) is 4.31 Å². The molecule has 1 heterocycles. The van der Waals surface area contributed by atoms with E-state index in [0.29, 0.717) is 0 Å². The molecule has 4 nitrogen and oxygen atoms in total. The van der Waals surface area contributed by atoms with Crippen LogP contribution in [0.25, 0.3) is 0 Å². The molecule has 0 aromatic carbocycles. The Kier molecular flexibility index (Phi) is 3.39. The van der Waals surface area contributed by atoms with Gasteiger partial charge in [0.1, 0.15) is 10.7 Å². The molecule has 0 amide bonds. The van der Waals surface area contributed by atoms with Gasteiger partial charge in [0.15, 0.2) is 0 Å². The van der Waals surface area contributed by atoms with Crippen molar-refractivity contribution in [2.45, 2.75) is 4.90 Å². The quantitative estimate of drug-likeness (QED) is 0.707. The highest BCUT2D eigenvalue weighted by atomic mass is 32.2. The summed E-state index contributed by atoms with van der Waals surface area (Å²) in [5.41, 5.74) is 0. The fraction of sp³-hybridized carbons (Fsp3) is 0.222. The van der Waals surface area contributed by atoms with Gasteiger partial charge >= 0.3 is 0 Å². The molecule has 0 aliphatic carbocycles. The molecule has 15 heavy (non-hydrogen) atoms. The van der Waals surface area contributed by atoms with Gasteiger partial charge in [-0.1, -0.05) is 5.92 Å². The van der Waals surface area contributed by atoms with Gasteiger partial charge in [-0.05, 0) is 6.07 Å². The van der Waals surface area contributed by atoms with Crippen molar-refractivity contribution in [3.05, 3.63) is 24.3 Å². The number of sulfonamides is 1. The molecule has 0 atom stereocenters. The zero-order chi connectivity index (χ0) is 11.5. The van der Waals surface area contributed by atoms with E-state index >= 15 is 0 Å². The van der Waals surface area contributed by atoms with Gasteiger partial charge in [0, 0.05) is 13.2 Å². The molecular weight excluding hydrogens is 219 g/mol. The van der Waals surface area contributed by atoms with Crippen molar-refractivity contribution < 1.29 is 12.8 Å². The summed E-state index contributed by atoms with van der Waals surface area (Å²) in [6.45, 7) is -0.0706. The predicted molar refractivity (Wildman–Crippen MR) is 52.8 cm³/mol. The van der Waals surface area contributed by atoms with Gasteiger partial charge < -0.3 is 0 Å². The molecule has 0 fully saturated rings. The maximum atomic E-state index is 12.8. The van der Waals surface area contributed by atoms with Crippen molar-refractivity contribution in [2.75, 3.05) is 13.6 Å². The van der Waals surface area contributed by atoms with Crippen molar-refractivity contribution in [3.8, 4) is 12.3 Å². The van der Waals surface area contributed by atoms with Crippen LogP contribution >= 0.6 is 0 Å². The van der Waals surface area contributed by atoms with Gasteiger partial charge in [0.05, 0.1) is 12.7 Å². The van der Waals surface area contributed by atoms with Crippen LogP contribution in [0.3, 0.4) is 0 Å². The molecule has 0 bridgehead atoms. The summed E-state index contributed by atoms with van der Waals surface area (Å²) in [4.78, 5) is 3.25. The Morgan fingerprint density at radius 1 is 1.60 bits per heavy atom. The normalized spacial score (nSPS) is 11.3. The third-order valence-corrected chi connectivity index (χ3v) is 3.47. The zero-order valence-corrected chi connectivity index (χ0v) is 8.83. The molecule has 0 N–H and O–H groups in total. The number of terminal acetylenes is 1. The van der Waals surface area contributed by atoms with Crippen LogP contribution in [-0.4, -0.2) is 31.3 Å². The Morgan fingerprint density at radius 2 is 2.27 bits per heavy atom. The number of pyridine rings is 1. The van der Waals surface area contributed by atoms with Gasteiger partial charge in [0.2, 0.25) is 10.0 Å². The molecule has 6 heteroatoms. The SMILES string of the molecule is C#CCN(C)S(=O)(=O)c1cncc(F)c1. The van der Waals surface area contributed by atoms with E-state index in [2.05, 4.69) is 10.9 Å². The molecule has 0 aliphatic heterocycles. The second kappa shape index (κ2) is 4.38. The maximum absolute atomic E-state index is 12.8. The molecule has 0 radical (unpaired) electrons.